The first-order valence-corrected chi connectivity index (χ1v) is 3.81. The lowest BCUT2D eigenvalue weighted by Crippen LogP contribution is -2.32. The Kier molecular flexibility index (Phi) is 1.98. The summed E-state index contributed by atoms with van der Waals surface area (Å²) >= 11 is 0. The minimum absolute atomic E-state index is 0.263. The number of hydrogen-bond acceptors (Lipinski definition) is 2. The van der Waals surface area contributed by atoms with E-state index in [0.29, 0.717) is 6.42 Å². The molecule has 1 fully saturated rings. The van der Waals surface area contributed by atoms with Crippen molar-refractivity contribution in [3.05, 3.63) is 0 Å². The fraction of sp³-hybridized carbons (Fsp3) is 0.750. The number of hydrogen-bond donors (Lipinski definition) is 0. The Hall–Kier alpha value is -0.860. The van der Waals surface area contributed by atoms with Crippen LogP contribution in [-0.4, -0.2) is 11.8 Å². The van der Waals surface area contributed by atoms with Crippen LogP contribution in [0.4, 0.5) is 0 Å². The van der Waals surface area contributed by atoms with Gasteiger partial charge in [-0.2, -0.15) is 5.32 Å². The van der Waals surface area contributed by atoms with Crippen molar-refractivity contribution < 1.29 is 9.59 Å². The van der Waals surface area contributed by atoms with Crippen LogP contribution in [0.2, 0.25) is 0 Å². The van der Waals surface area contributed by atoms with Crippen LogP contribution < -0.4 is 5.32 Å². The second-order valence-electron chi connectivity index (χ2n) is 3.55. The molecule has 2 amide bonds. The zero-order chi connectivity index (χ0) is 8.48. The minimum atomic E-state index is -0.424. The first kappa shape index (κ1) is 8.24. The summed E-state index contributed by atoms with van der Waals surface area (Å²) in [5.74, 6) is -0.527. The largest absolute Gasteiger partial charge is 0.273 e. The van der Waals surface area contributed by atoms with E-state index >= 15 is 0 Å². The molecule has 3 heteroatoms. The van der Waals surface area contributed by atoms with Gasteiger partial charge < -0.3 is 0 Å². The van der Waals surface area contributed by atoms with Gasteiger partial charge in [-0.1, -0.05) is 13.8 Å². The third kappa shape index (κ3) is 1.79. The minimum Gasteiger partial charge on any atom is -0.273 e. The summed E-state index contributed by atoms with van der Waals surface area (Å²) in [5, 5.41) is 3.45. The second-order valence-corrected chi connectivity index (χ2v) is 3.55. The molecule has 0 atom stereocenters. The Balaban J connectivity index is 2.73. The van der Waals surface area contributed by atoms with Crippen LogP contribution >= 0.6 is 0 Å². The molecule has 0 bridgehead atoms. The third-order valence-electron chi connectivity index (χ3n) is 2.00. The first-order chi connectivity index (χ1) is 5.02. The van der Waals surface area contributed by atoms with E-state index < -0.39 is 5.41 Å². The van der Waals surface area contributed by atoms with Crippen molar-refractivity contribution in [1.82, 2.24) is 5.32 Å². The van der Waals surface area contributed by atoms with E-state index in [0.717, 1.165) is 12.8 Å². The van der Waals surface area contributed by atoms with Crippen molar-refractivity contribution >= 4 is 11.8 Å². The van der Waals surface area contributed by atoms with E-state index in [2.05, 4.69) is 5.32 Å². The van der Waals surface area contributed by atoms with Crippen molar-refractivity contribution in [1.29, 1.82) is 0 Å². The summed E-state index contributed by atoms with van der Waals surface area (Å²) in [7, 11) is 0. The molecule has 0 aromatic heterocycles. The van der Waals surface area contributed by atoms with Gasteiger partial charge in [-0.3, -0.25) is 9.59 Å². The van der Waals surface area contributed by atoms with Crippen LogP contribution in [-0.2, 0) is 9.59 Å². The predicted molar refractivity (Wildman–Crippen MR) is 39.8 cm³/mol. The van der Waals surface area contributed by atoms with Gasteiger partial charge in [0.15, 0.2) is 0 Å². The molecule has 0 spiro atoms. The molecule has 1 aliphatic heterocycles. The Labute approximate surface area is 66.2 Å². The van der Waals surface area contributed by atoms with Crippen molar-refractivity contribution in [2.24, 2.45) is 5.41 Å². The monoisotopic (exact) mass is 154 g/mol. The van der Waals surface area contributed by atoms with Crippen LogP contribution in [0, 0.1) is 5.41 Å². The van der Waals surface area contributed by atoms with Crippen molar-refractivity contribution in [3.63, 3.8) is 0 Å². The summed E-state index contributed by atoms with van der Waals surface area (Å²) in [5.41, 5.74) is -0.424. The van der Waals surface area contributed by atoms with Crippen LogP contribution in [0.1, 0.15) is 33.1 Å². The Bertz CT molecular complexity index is 196. The average molecular weight is 154 g/mol. The molecule has 0 unspecified atom stereocenters. The van der Waals surface area contributed by atoms with Gasteiger partial charge in [-0.25, -0.2) is 0 Å². The maximum atomic E-state index is 11.2. The van der Waals surface area contributed by atoms with Gasteiger partial charge in [0, 0.05) is 11.8 Å². The summed E-state index contributed by atoms with van der Waals surface area (Å²) in [6.45, 7) is 3.66. The van der Waals surface area contributed by atoms with Crippen LogP contribution in [0.5, 0.6) is 0 Å². The maximum absolute atomic E-state index is 11.2. The SMILES string of the molecule is CC1(C)CCCC(=O)[N]C1=O. The number of rotatable bonds is 0. The van der Waals surface area contributed by atoms with E-state index in [1.54, 1.807) is 0 Å². The van der Waals surface area contributed by atoms with Gasteiger partial charge in [0.25, 0.3) is 5.91 Å². The van der Waals surface area contributed by atoms with E-state index in [1.807, 2.05) is 13.8 Å². The molecule has 61 valence electrons. The topological polar surface area (TPSA) is 48.2 Å². The van der Waals surface area contributed by atoms with Crippen molar-refractivity contribution in [2.75, 3.05) is 0 Å². The summed E-state index contributed by atoms with van der Waals surface area (Å²) < 4.78 is 0. The number of carbonyl (C=O) groups excluding carboxylic acids is 2. The van der Waals surface area contributed by atoms with Gasteiger partial charge in [0.05, 0.1) is 0 Å². The highest BCUT2D eigenvalue weighted by Gasteiger charge is 2.32. The van der Waals surface area contributed by atoms with E-state index in [-0.39, 0.29) is 11.8 Å². The number of amides is 2. The second kappa shape index (κ2) is 2.64. The molecular weight excluding hydrogens is 142 g/mol. The van der Waals surface area contributed by atoms with Gasteiger partial charge >= 0.3 is 0 Å². The smallest absolute Gasteiger partial charge is 0.254 e. The van der Waals surface area contributed by atoms with E-state index in [9.17, 15) is 9.59 Å². The van der Waals surface area contributed by atoms with Crippen LogP contribution in [0.25, 0.3) is 0 Å². The molecule has 1 radical (unpaired) electrons. The number of nitrogens with zero attached hydrogens (tertiary/aromatic N) is 1. The Morgan fingerprint density at radius 1 is 1.36 bits per heavy atom. The quantitative estimate of drug-likeness (QED) is 0.486. The van der Waals surface area contributed by atoms with Gasteiger partial charge in [-0.05, 0) is 12.8 Å². The van der Waals surface area contributed by atoms with Gasteiger partial charge in [-0.15, -0.1) is 0 Å². The molecule has 1 aliphatic rings. The van der Waals surface area contributed by atoms with Crippen LogP contribution in [0.15, 0.2) is 0 Å². The van der Waals surface area contributed by atoms with Gasteiger partial charge in [0.1, 0.15) is 0 Å². The van der Waals surface area contributed by atoms with Crippen LogP contribution in [0.3, 0.4) is 0 Å². The summed E-state index contributed by atoms with van der Waals surface area (Å²) in [6, 6.07) is 0. The molecule has 1 rings (SSSR count). The highest BCUT2D eigenvalue weighted by molar-refractivity contribution is 5.98. The number of imide groups is 1. The van der Waals surface area contributed by atoms with Crippen molar-refractivity contribution in [2.45, 2.75) is 33.1 Å². The fourth-order valence-electron chi connectivity index (χ4n) is 1.11. The fourth-order valence-corrected chi connectivity index (χ4v) is 1.11. The third-order valence-corrected chi connectivity index (χ3v) is 2.00. The predicted octanol–water partition coefficient (Wildman–Crippen LogP) is 0.854. The first-order valence-electron chi connectivity index (χ1n) is 3.81. The van der Waals surface area contributed by atoms with Crippen molar-refractivity contribution in [3.8, 4) is 0 Å². The highest BCUT2D eigenvalue weighted by Crippen LogP contribution is 2.26. The molecule has 0 aromatic carbocycles. The molecular formula is C8H12NO2. The molecule has 11 heavy (non-hydrogen) atoms. The summed E-state index contributed by atoms with van der Waals surface area (Å²) in [6.07, 6.45) is 1.97. The molecule has 1 saturated heterocycles. The maximum Gasteiger partial charge on any atom is 0.254 e. The molecule has 0 aliphatic carbocycles. The lowest BCUT2D eigenvalue weighted by Gasteiger charge is -2.17. The zero-order valence-corrected chi connectivity index (χ0v) is 6.89. The molecule has 3 nitrogen and oxygen atoms in total. The standard InChI is InChI=1S/C8H12NO2/c1-8(2)5-3-4-6(10)9-7(8)11/h3-5H2,1-2H3. The zero-order valence-electron chi connectivity index (χ0n) is 6.89. The van der Waals surface area contributed by atoms with Gasteiger partial charge in [0.2, 0.25) is 5.91 Å². The molecule has 0 aromatic rings. The molecule has 0 saturated carbocycles. The molecule has 0 N–H and O–H groups in total. The molecule has 1 heterocycles. The van der Waals surface area contributed by atoms with E-state index in [4.69, 9.17) is 0 Å². The highest BCUT2D eigenvalue weighted by atomic mass is 16.2. The average Bonchev–Trinajstić information content (AvgIpc) is 1.94. The Morgan fingerprint density at radius 2 is 2.00 bits per heavy atom. The normalized spacial score (nSPS) is 24.2. The lowest BCUT2D eigenvalue weighted by molar-refractivity contribution is -0.134. The lowest BCUT2D eigenvalue weighted by atomic mass is 9.87. The van der Waals surface area contributed by atoms with E-state index in [1.165, 1.54) is 0 Å². The number of carbonyl (C=O) groups is 2. The summed E-state index contributed by atoms with van der Waals surface area (Å²) in [4.78, 5) is 22.0. The Morgan fingerprint density at radius 3 is 2.64 bits per heavy atom.